The number of carboxylic acids is 1. The number of pyridine rings is 1. The molecule has 26 heavy (non-hydrogen) atoms. The molecule has 136 valence electrons. The summed E-state index contributed by atoms with van der Waals surface area (Å²) in [5.41, 5.74) is -0.288. The van der Waals surface area contributed by atoms with Gasteiger partial charge in [0.05, 0.1) is 21.6 Å². The number of nitrogens with zero attached hydrogens (tertiary/aromatic N) is 3. The number of anilines is 1. The molecule has 3 heterocycles. The average Bonchev–Trinajstić information content (AvgIpc) is 3.47. The highest BCUT2D eigenvalue weighted by molar-refractivity contribution is 6.38. The maximum atomic E-state index is 14.9. The minimum Gasteiger partial charge on any atom is -0.477 e. The van der Waals surface area contributed by atoms with E-state index in [1.54, 1.807) is 4.57 Å². The van der Waals surface area contributed by atoms with Gasteiger partial charge in [-0.15, -0.1) is 0 Å². The quantitative estimate of drug-likeness (QED) is 0.832. The van der Waals surface area contributed by atoms with Gasteiger partial charge in [-0.1, -0.05) is 11.6 Å². The molecule has 5 rings (SSSR count). The molecule has 3 fully saturated rings. The van der Waals surface area contributed by atoms with E-state index >= 15 is 0 Å². The van der Waals surface area contributed by atoms with Crippen LogP contribution in [0.5, 0.6) is 0 Å². The second kappa shape index (κ2) is 5.20. The molecule has 3 aliphatic rings. The molecule has 0 radical (unpaired) electrons. The van der Waals surface area contributed by atoms with Gasteiger partial charge in [-0.2, -0.15) is 0 Å². The van der Waals surface area contributed by atoms with Gasteiger partial charge >= 0.3 is 5.97 Å². The second-order valence-electron chi connectivity index (χ2n) is 7.44. The highest BCUT2D eigenvalue weighted by Crippen LogP contribution is 2.44. The lowest BCUT2D eigenvalue weighted by Gasteiger charge is -2.25. The highest BCUT2D eigenvalue weighted by atomic mass is 35.5. The number of hydrogen-bond donors (Lipinski definition) is 1. The monoisotopic (exact) mass is 377 g/mol. The summed E-state index contributed by atoms with van der Waals surface area (Å²) in [7, 11) is 2.04. The second-order valence-corrected chi connectivity index (χ2v) is 7.82. The van der Waals surface area contributed by atoms with Crippen molar-refractivity contribution in [3.05, 3.63) is 38.9 Å². The molecule has 1 aromatic carbocycles. The number of aromatic carboxylic acids is 1. The number of carbonyl (C=O) groups is 1. The molecule has 0 amide bonds. The number of halogens is 2. The molecule has 0 bridgehead atoms. The van der Waals surface area contributed by atoms with E-state index in [2.05, 4.69) is 4.90 Å². The number of piperazine rings is 1. The third-order valence-corrected chi connectivity index (χ3v) is 6.24. The highest BCUT2D eigenvalue weighted by Gasteiger charge is 2.52. The molecule has 2 saturated heterocycles. The number of rotatable bonds is 3. The minimum atomic E-state index is -1.31. The van der Waals surface area contributed by atoms with Crippen molar-refractivity contribution in [2.75, 3.05) is 25.0 Å². The first-order valence-corrected chi connectivity index (χ1v) is 9.03. The Hall–Kier alpha value is -2.12. The smallest absolute Gasteiger partial charge is 0.341 e. The van der Waals surface area contributed by atoms with Crippen LogP contribution >= 0.6 is 11.6 Å². The van der Waals surface area contributed by atoms with Crippen molar-refractivity contribution >= 4 is 34.2 Å². The van der Waals surface area contributed by atoms with Crippen molar-refractivity contribution in [3.63, 3.8) is 0 Å². The summed E-state index contributed by atoms with van der Waals surface area (Å²) in [6.07, 6.45) is 3.13. The summed E-state index contributed by atoms with van der Waals surface area (Å²) in [6.45, 7) is 1.40. The zero-order valence-corrected chi connectivity index (χ0v) is 14.8. The van der Waals surface area contributed by atoms with Crippen molar-refractivity contribution in [2.45, 2.75) is 31.0 Å². The first kappa shape index (κ1) is 16.1. The maximum absolute atomic E-state index is 14.9. The predicted octanol–water partition coefficient (Wildman–Crippen LogP) is 2.33. The zero-order valence-electron chi connectivity index (χ0n) is 14.1. The third kappa shape index (κ3) is 2.13. The fourth-order valence-electron chi connectivity index (χ4n) is 4.20. The Bertz CT molecular complexity index is 1020. The van der Waals surface area contributed by atoms with Gasteiger partial charge in [0.25, 0.3) is 0 Å². The standard InChI is InChI=1S/C18H17ClFN3O3/c1-21-12-6-22(7-13(12)21)16-11(20)4-9-15(14(16)19)23(8-2-3-8)5-10(17(9)24)18(25)26/h4-5,8,12-13H,2-3,6-7H2,1H3,(H,25,26). The van der Waals surface area contributed by atoms with Crippen molar-refractivity contribution in [3.8, 4) is 0 Å². The summed E-state index contributed by atoms with van der Waals surface area (Å²) >= 11 is 6.60. The van der Waals surface area contributed by atoms with E-state index in [-0.39, 0.29) is 22.0 Å². The van der Waals surface area contributed by atoms with Gasteiger partial charge in [0, 0.05) is 37.4 Å². The van der Waals surface area contributed by atoms with E-state index in [9.17, 15) is 19.1 Å². The number of carboxylic acid groups (broad SMARTS) is 1. The fourth-order valence-corrected chi connectivity index (χ4v) is 4.61. The van der Waals surface area contributed by atoms with Crippen LogP contribution in [0.1, 0.15) is 29.2 Å². The third-order valence-electron chi connectivity index (χ3n) is 5.89. The van der Waals surface area contributed by atoms with Crippen LogP contribution in [-0.2, 0) is 0 Å². The van der Waals surface area contributed by atoms with Crippen LogP contribution in [0.4, 0.5) is 10.1 Å². The van der Waals surface area contributed by atoms with Gasteiger partial charge in [0.15, 0.2) is 0 Å². The Kier molecular flexibility index (Phi) is 3.22. The Labute approximate surface area is 153 Å². The molecule has 2 atom stereocenters. The van der Waals surface area contributed by atoms with Gasteiger partial charge in [-0.05, 0) is 26.0 Å². The number of likely N-dealkylation sites (N-methyl/N-ethyl adjacent to an activating group) is 1. The van der Waals surface area contributed by atoms with Gasteiger partial charge < -0.3 is 14.6 Å². The summed E-state index contributed by atoms with van der Waals surface area (Å²) in [5.74, 6) is -1.89. The van der Waals surface area contributed by atoms with E-state index in [1.165, 1.54) is 6.20 Å². The van der Waals surface area contributed by atoms with Crippen molar-refractivity contribution in [1.82, 2.24) is 9.47 Å². The van der Waals surface area contributed by atoms with Gasteiger partial charge in [-0.3, -0.25) is 9.69 Å². The maximum Gasteiger partial charge on any atom is 0.341 e. The molecule has 0 spiro atoms. The van der Waals surface area contributed by atoms with E-state index in [4.69, 9.17) is 11.6 Å². The van der Waals surface area contributed by atoms with Crippen LogP contribution in [-0.4, -0.2) is 52.8 Å². The molecule has 6 nitrogen and oxygen atoms in total. The number of benzene rings is 1. The molecule has 2 aromatic rings. The van der Waals surface area contributed by atoms with E-state index in [1.807, 2.05) is 11.9 Å². The molecule has 8 heteroatoms. The fraction of sp³-hybridized carbons (Fsp3) is 0.444. The molecule has 1 saturated carbocycles. The van der Waals surface area contributed by atoms with Crippen LogP contribution in [0.3, 0.4) is 0 Å². The van der Waals surface area contributed by atoms with E-state index in [0.29, 0.717) is 36.4 Å². The lowest BCUT2D eigenvalue weighted by molar-refractivity contribution is 0.0695. The summed E-state index contributed by atoms with van der Waals surface area (Å²) in [5, 5.41) is 9.55. The van der Waals surface area contributed by atoms with Crippen molar-refractivity contribution in [1.29, 1.82) is 0 Å². The van der Waals surface area contributed by atoms with Crippen LogP contribution in [0.15, 0.2) is 17.1 Å². The minimum absolute atomic E-state index is 0.0320. The average molecular weight is 378 g/mol. The molecule has 2 unspecified atom stereocenters. The molecule has 1 aromatic heterocycles. The molecule has 1 aliphatic carbocycles. The van der Waals surface area contributed by atoms with E-state index < -0.39 is 17.2 Å². The SMILES string of the molecule is CN1C2CN(c3c(F)cc4c(=O)c(C(=O)O)cn(C5CC5)c4c3Cl)CC21. The summed E-state index contributed by atoms with van der Waals surface area (Å²) < 4.78 is 16.6. The number of hydrogen-bond acceptors (Lipinski definition) is 4. The zero-order chi connectivity index (χ0) is 18.3. The Morgan fingerprint density at radius 2 is 1.96 bits per heavy atom. The Morgan fingerprint density at radius 1 is 1.31 bits per heavy atom. The Morgan fingerprint density at radius 3 is 2.54 bits per heavy atom. The van der Waals surface area contributed by atoms with Gasteiger partial charge in [-0.25, -0.2) is 9.18 Å². The molecular weight excluding hydrogens is 361 g/mol. The van der Waals surface area contributed by atoms with Crippen molar-refractivity contribution in [2.24, 2.45) is 0 Å². The number of fused-ring (bicyclic) bond motifs is 2. The van der Waals surface area contributed by atoms with Crippen LogP contribution in [0.2, 0.25) is 5.02 Å². The molecule has 1 N–H and O–H groups in total. The largest absolute Gasteiger partial charge is 0.477 e. The van der Waals surface area contributed by atoms with Crippen LogP contribution < -0.4 is 10.3 Å². The van der Waals surface area contributed by atoms with Gasteiger partial charge in [0.2, 0.25) is 5.43 Å². The topological polar surface area (TPSA) is 65.6 Å². The molecular formula is C18H17ClFN3O3. The molecule has 2 aliphatic heterocycles. The summed E-state index contributed by atoms with van der Waals surface area (Å²) in [4.78, 5) is 28.2. The lowest BCUT2D eigenvalue weighted by atomic mass is 10.1. The summed E-state index contributed by atoms with van der Waals surface area (Å²) in [6, 6.07) is 2.09. The van der Waals surface area contributed by atoms with E-state index in [0.717, 1.165) is 18.9 Å². The Balaban J connectivity index is 1.74. The number of aromatic nitrogens is 1. The van der Waals surface area contributed by atoms with Crippen LogP contribution in [0, 0.1) is 5.82 Å². The van der Waals surface area contributed by atoms with Crippen molar-refractivity contribution < 1.29 is 14.3 Å². The normalized spacial score (nSPS) is 27.0. The van der Waals surface area contributed by atoms with Gasteiger partial charge in [0.1, 0.15) is 11.4 Å². The lowest BCUT2D eigenvalue weighted by Crippen LogP contribution is -2.29. The van der Waals surface area contributed by atoms with Crippen LogP contribution in [0.25, 0.3) is 10.9 Å². The first-order chi connectivity index (χ1) is 12.4. The first-order valence-electron chi connectivity index (χ1n) is 8.65. The predicted molar refractivity (Wildman–Crippen MR) is 96.0 cm³/mol.